The zero-order chi connectivity index (χ0) is 20.3. The molecule has 0 saturated carbocycles. The minimum atomic E-state index is -0.498. The molecule has 0 unspecified atom stereocenters. The predicted octanol–water partition coefficient (Wildman–Crippen LogP) is 2.76. The highest BCUT2D eigenvalue weighted by Crippen LogP contribution is 2.31. The van der Waals surface area contributed by atoms with E-state index in [9.17, 15) is 9.59 Å². The lowest BCUT2D eigenvalue weighted by Crippen LogP contribution is -2.47. The molecular weight excluding hydrogens is 372 g/mol. The molecule has 2 aliphatic rings. The topological polar surface area (TPSA) is 92.8 Å². The molecule has 2 amide bonds. The van der Waals surface area contributed by atoms with Crippen molar-refractivity contribution in [1.29, 1.82) is 0 Å². The average molecular weight is 396 g/mol. The van der Waals surface area contributed by atoms with Gasteiger partial charge in [-0.2, -0.15) is 0 Å². The van der Waals surface area contributed by atoms with E-state index in [2.05, 4.69) is 15.6 Å². The number of amides is 2. The lowest BCUT2D eigenvalue weighted by molar-refractivity contribution is -0.181. The summed E-state index contributed by atoms with van der Waals surface area (Å²) in [5, 5.41) is 5.96. The molecule has 3 heterocycles. The molecule has 2 aliphatic heterocycles. The van der Waals surface area contributed by atoms with E-state index in [-0.39, 0.29) is 11.8 Å². The molecule has 8 nitrogen and oxygen atoms in total. The number of pyridine rings is 1. The minimum absolute atomic E-state index is 0.0463. The number of aromatic nitrogens is 1. The molecule has 0 bridgehead atoms. The highest BCUT2D eigenvalue weighted by Gasteiger charge is 2.40. The quantitative estimate of drug-likeness (QED) is 0.826. The molecule has 0 atom stereocenters. The lowest BCUT2D eigenvalue weighted by Gasteiger charge is -2.37. The Morgan fingerprint density at radius 2 is 1.66 bits per heavy atom. The van der Waals surface area contributed by atoms with E-state index in [0.717, 1.165) is 17.1 Å². The van der Waals surface area contributed by atoms with Crippen LogP contribution in [0.5, 0.6) is 0 Å². The van der Waals surface area contributed by atoms with Crippen molar-refractivity contribution in [1.82, 2.24) is 9.88 Å². The molecule has 0 aliphatic carbocycles. The molecule has 8 heteroatoms. The van der Waals surface area contributed by atoms with Gasteiger partial charge < -0.3 is 25.0 Å². The summed E-state index contributed by atoms with van der Waals surface area (Å²) >= 11 is 0. The average Bonchev–Trinajstić information content (AvgIpc) is 3.17. The van der Waals surface area contributed by atoms with Gasteiger partial charge in [-0.05, 0) is 30.3 Å². The van der Waals surface area contributed by atoms with Gasteiger partial charge in [0.1, 0.15) is 0 Å². The fraction of sp³-hybridized carbons (Fsp3) is 0.381. The number of ether oxygens (including phenoxy) is 2. The largest absolute Gasteiger partial charge is 0.354 e. The summed E-state index contributed by atoms with van der Waals surface area (Å²) in [6, 6.07) is 9.12. The van der Waals surface area contributed by atoms with Gasteiger partial charge in [-0.25, -0.2) is 0 Å². The molecule has 0 radical (unpaired) electrons. The van der Waals surface area contributed by atoms with Crippen LogP contribution in [-0.4, -0.2) is 53.8 Å². The first kappa shape index (κ1) is 19.4. The van der Waals surface area contributed by atoms with Crippen LogP contribution in [0.2, 0.25) is 0 Å². The van der Waals surface area contributed by atoms with E-state index < -0.39 is 5.79 Å². The normalized spacial score (nSPS) is 17.9. The lowest BCUT2D eigenvalue weighted by atomic mass is 10.0. The Hall–Kier alpha value is -2.97. The first-order valence-electron chi connectivity index (χ1n) is 9.70. The molecule has 4 rings (SSSR count). The molecule has 2 saturated heterocycles. The summed E-state index contributed by atoms with van der Waals surface area (Å²) in [4.78, 5) is 30.0. The third-order valence-electron chi connectivity index (χ3n) is 5.11. The van der Waals surface area contributed by atoms with Crippen LogP contribution >= 0.6 is 0 Å². The predicted molar refractivity (Wildman–Crippen MR) is 108 cm³/mol. The minimum Gasteiger partial charge on any atom is -0.354 e. The number of piperidine rings is 1. The Labute approximate surface area is 169 Å². The number of nitrogens with zero attached hydrogens (tertiary/aromatic N) is 2. The van der Waals surface area contributed by atoms with Crippen molar-refractivity contribution < 1.29 is 19.1 Å². The second-order valence-corrected chi connectivity index (χ2v) is 7.25. The number of hydrogen-bond acceptors (Lipinski definition) is 6. The number of anilines is 3. The number of likely N-dealkylation sites (tertiary alicyclic amines) is 1. The number of carbonyl (C=O) groups is 2. The molecule has 1 spiro atoms. The maximum atomic E-state index is 12.9. The first-order valence-corrected chi connectivity index (χ1v) is 9.70. The highest BCUT2D eigenvalue weighted by molar-refractivity contribution is 5.95. The van der Waals surface area contributed by atoms with Crippen LogP contribution in [0, 0.1) is 0 Å². The van der Waals surface area contributed by atoms with Gasteiger partial charge in [0.25, 0.3) is 5.91 Å². The first-order chi connectivity index (χ1) is 14.0. The van der Waals surface area contributed by atoms with Gasteiger partial charge >= 0.3 is 0 Å². The molecule has 2 aromatic rings. The van der Waals surface area contributed by atoms with Crippen molar-refractivity contribution in [3.63, 3.8) is 0 Å². The third kappa shape index (κ3) is 4.55. The summed E-state index contributed by atoms with van der Waals surface area (Å²) in [6.45, 7) is 3.91. The van der Waals surface area contributed by atoms with Crippen LogP contribution in [0.15, 0.2) is 42.7 Å². The number of carbonyl (C=O) groups excluding carboxylic acids is 2. The van der Waals surface area contributed by atoms with Gasteiger partial charge in [-0.1, -0.05) is 0 Å². The third-order valence-corrected chi connectivity index (χ3v) is 5.11. The van der Waals surface area contributed by atoms with Crippen LogP contribution in [0.4, 0.5) is 17.1 Å². The van der Waals surface area contributed by atoms with Crippen LogP contribution in [0.25, 0.3) is 0 Å². The van der Waals surface area contributed by atoms with E-state index in [0.29, 0.717) is 44.7 Å². The van der Waals surface area contributed by atoms with Crippen molar-refractivity contribution >= 4 is 28.9 Å². The molecule has 29 heavy (non-hydrogen) atoms. The fourth-order valence-electron chi connectivity index (χ4n) is 3.65. The Morgan fingerprint density at radius 3 is 2.31 bits per heavy atom. The van der Waals surface area contributed by atoms with Crippen LogP contribution in [0.1, 0.15) is 30.1 Å². The van der Waals surface area contributed by atoms with Gasteiger partial charge in [0.05, 0.1) is 30.7 Å². The molecular formula is C21H24N4O4. The Morgan fingerprint density at radius 1 is 1.00 bits per heavy atom. The van der Waals surface area contributed by atoms with Gasteiger partial charge in [0, 0.05) is 50.4 Å². The van der Waals surface area contributed by atoms with Crippen LogP contribution in [-0.2, 0) is 14.3 Å². The maximum Gasteiger partial charge on any atom is 0.255 e. The van der Waals surface area contributed by atoms with Crippen molar-refractivity contribution in [2.45, 2.75) is 25.6 Å². The summed E-state index contributed by atoms with van der Waals surface area (Å²) in [7, 11) is 0. The van der Waals surface area contributed by atoms with E-state index in [1.807, 2.05) is 29.2 Å². The van der Waals surface area contributed by atoms with E-state index in [4.69, 9.17) is 9.47 Å². The number of benzene rings is 1. The van der Waals surface area contributed by atoms with E-state index in [1.165, 1.54) is 6.92 Å². The van der Waals surface area contributed by atoms with E-state index in [1.54, 1.807) is 18.5 Å². The molecule has 1 aromatic heterocycles. The Kier molecular flexibility index (Phi) is 5.46. The van der Waals surface area contributed by atoms with E-state index >= 15 is 0 Å². The maximum absolute atomic E-state index is 12.9. The van der Waals surface area contributed by atoms with Gasteiger partial charge in [0.15, 0.2) is 5.79 Å². The van der Waals surface area contributed by atoms with Gasteiger partial charge in [0.2, 0.25) is 5.91 Å². The van der Waals surface area contributed by atoms with Crippen molar-refractivity contribution in [3.05, 3.63) is 48.3 Å². The van der Waals surface area contributed by atoms with Crippen LogP contribution in [0.3, 0.4) is 0 Å². The smallest absolute Gasteiger partial charge is 0.255 e. The summed E-state index contributed by atoms with van der Waals surface area (Å²) in [5.41, 5.74) is 2.82. The standard InChI is InChI=1S/C21H24N4O4/c1-15(26)23-17-2-4-18(5-3-17)24-19-12-16(13-22-14-19)20(27)25-8-6-21(7-9-25)28-10-11-29-21/h2-5,12-14,24H,6-11H2,1H3,(H,23,26). The summed E-state index contributed by atoms with van der Waals surface area (Å²) in [5.74, 6) is -0.659. The van der Waals surface area contributed by atoms with Crippen molar-refractivity contribution in [3.8, 4) is 0 Å². The number of rotatable bonds is 4. The summed E-state index contributed by atoms with van der Waals surface area (Å²) in [6.07, 6.45) is 4.62. The number of nitrogens with one attached hydrogen (secondary N) is 2. The Bertz CT molecular complexity index is 884. The molecule has 2 fully saturated rings. The highest BCUT2D eigenvalue weighted by atomic mass is 16.7. The fourth-order valence-corrected chi connectivity index (χ4v) is 3.65. The van der Waals surface area contributed by atoms with Crippen molar-refractivity contribution in [2.75, 3.05) is 36.9 Å². The van der Waals surface area contributed by atoms with Crippen molar-refractivity contribution in [2.24, 2.45) is 0 Å². The number of hydrogen-bond donors (Lipinski definition) is 2. The van der Waals surface area contributed by atoms with Crippen LogP contribution < -0.4 is 10.6 Å². The molecule has 152 valence electrons. The zero-order valence-electron chi connectivity index (χ0n) is 16.3. The second-order valence-electron chi connectivity index (χ2n) is 7.25. The van der Waals surface area contributed by atoms with Gasteiger partial charge in [-0.15, -0.1) is 0 Å². The SMILES string of the molecule is CC(=O)Nc1ccc(Nc2cncc(C(=O)N3CCC4(CC3)OCCO4)c2)cc1. The zero-order valence-corrected chi connectivity index (χ0v) is 16.3. The molecule has 2 N–H and O–H groups in total. The summed E-state index contributed by atoms with van der Waals surface area (Å²) < 4.78 is 11.4. The monoisotopic (exact) mass is 396 g/mol. The van der Waals surface area contributed by atoms with Gasteiger partial charge in [-0.3, -0.25) is 14.6 Å². The molecule has 1 aromatic carbocycles. The Balaban J connectivity index is 1.39. The second kappa shape index (κ2) is 8.18.